The SMILES string of the molecule is Cc1cc(C(N)=O)ccn1.Cc1cc(CNC(C)(C)C)cc(C)c1OCC(F)F. The number of amides is 1. The lowest BCUT2D eigenvalue weighted by Crippen LogP contribution is -2.35. The van der Waals surface area contributed by atoms with Gasteiger partial charge in [-0.3, -0.25) is 9.78 Å². The van der Waals surface area contributed by atoms with Gasteiger partial charge in [0.2, 0.25) is 5.91 Å². The normalized spacial score (nSPS) is 11.1. The first-order valence-electron chi connectivity index (χ1n) is 9.37. The number of ether oxygens (including phenoxy) is 1. The van der Waals surface area contributed by atoms with E-state index >= 15 is 0 Å². The lowest BCUT2D eigenvalue weighted by atomic mass is 10.0. The second-order valence-electron chi connectivity index (χ2n) is 7.91. The molecule has 0 saturated heterocycles. The predicted molar refractivity (Wildman–Crippen MR) is 111 cm³/mol. The number of nitrogens with one attached hydrogen (secondary N) is 1. The van der Waals surface area contributed by atoms with Crippen LogP contribution < -0.4 is 15.8 Å². The molecule has 0 radical (unpaired) electrons. The average Bonchev–Trinajstić information content (AvgIpc) is 2.59. The Morgan fingerprint density at radius 1 is 1.17 bits per heavy atom. The standard InChI is InChI=1S/C15H23F2NO.C7H8N2O/c1-10-6-12(8-18-15(3,4)5)7-11(2)14(10)19-9-13(16)17;1-5-4-6(7(8)10)2-3-9-5/h6-7,13,18H,8-9H2,1-5H3;2-4H,1H3,(H2,8,10). The Labute approximate surface area is 171 Å². The number of carbonyl (C=O) groups is 1. The molecule has 1 heterocycles. The number of nitrogens with two attached hydrogens (primary N) is 1. The van der Waals surface area contributed by atoms with E-state index in [1.165, 1.54) is 0 Å². The molecule has 2 rings (SSSR count). The first kappa shape index (κ1) is 24.5. The van der Waals surface area contributed by atoms with Crippen LogP contribution in [-0.4, -0.2) is 29.5 Å². The molecule has 0 atom stereocenters. The van der Waals surface area contributed by atoms with Crippen LogP contribution in [0.1, 0.15) is 53.5 Å². The molecule has 2 aromatic rings. The molecule has 0 spiro atoms. The highest BCUT2D eigenvalue weighted by molar-refractivity contribution is 5.92. The number of alkyl halides is 2. The largest absolute Gasteiger partial charge is 0.487 e. The quantitative estimate of drug-likeness (QED) is 0.747. The van der Waals surface area contributed by atoms with Gasteiger partial charge in [-0.1, -0.05) is 12.1 Å². The summed E-state index contributed by atoms with van der Waals surface area (Å²) in [4.78, 5) is 14.5. The number of hydrogen-bond acceptors (Lipinski definition) is 4. The van der Waals surface area contributed by atoms with Gasteiger partial charge in [0.05, 0.1) is 0 Å². The number of primary amides is 1. The molecule has 160 valence electrons. The molecule has 0 fully saturated rings. The molecule has 0 aliphatic heterocycles. The molecular weight excluding hydrogens is 376 g/mol. The number of rotatable bonds is 6. The summed E-state index contributed by atoms with van der Waals surface area (Å²) >= 11 is 0. The van der Waals surface area contributed by atoms with Crippen molar-refractivity contribution >= 4 is 5.91 Å². The van der Waals surface area contributed by atoms with Crippen molar-refractivity contribution in [2.24, 2.45) is 5.73 Å². The van der Waals surface area contributed by atoms with E-state index in [-0.39, 0.29) is 5.54 Å². The van der Waals surface area contributed by atoms with Crippen molar-refractivity contribution in [1.82, 2.24) is 10.3 Å². The third-order valence-electron chi connectivity index (χ3n) is 3.88. The summed E-state index contributed by atoms with van der Waals surface area (Å²) in [7, 11) is 0. The van der Waals surface area contributed by atoms with Crippen LogP contribution in [0.25, 0.3) is 0 Å². The first-order valence-corrected chi connectivity index (χ1v) is 9.37. The fourth-order valence-corrected chi connectivity index (χ4v) is 2.58. The van der Waals surface area contributed by atoms with E-state index in [9.17, 15) is 13.6 Å². The Hall–Kier alpha value is -2.54. The van der Waals surface area contributed by atoms with Gasteiger partial charge >= 0.3 is 0 Å². The van der Waals surface area contributed by atoms with Gasteiger partial charge in [0.25, 0.3) is 6.43 Å². The summed E-state index contributed by atoms with van der Waals surface area (Å²) < 4.78 is 29.5. The zero-order valence-corrected chi connectivity index (χ0v) is 18.0. The van der Waals surface area contributed by atoms with E-state index in [1.54, 1.807) is 18.3 Å². The fourth-order valence-electron chi connectivity index (χ4n) is 2.58. The van der Waals surface area contributed by atoms with E-state index in [0.717, 1.165) is 28.9 Å². The maximum absolute atomic E-state index is 12.2. The monoisotopic (exact) mass is 407 g/mol. The first-order chi connectivity index (χ1) is 13.4. The van der Waals surface area contributed by atoms with Crippen LogP contribution in [0, 0.1) is 20.8 Å². The molecule has 3 N–H and O–H groups in total. The summed E-state index contributed by atoms with van der Waals surface area (Å²) in [6.07, 6.45) is -0.879. The van der Waals surface area contributed by atoms with Crippen molar-refractivity contribution < 1.29 is 18.3 Å². The smallest absolute Gasteiger partial charge is 0.272 e. The number of pyridine rings is 1. The van der Waals surface area contributed by atoms with Crippen LogP contribution in [0.15, 0.2) is 30.5 Å². The average molecular weight is 408 g/mol. The van der Waals surface area contributed by atoms with Crippen molar-refractivity contribution in [3.05, 3.63) is 58.4 Å². The predicted octanol–water partition coefficient (Wildman–Crippen LogP) is 4.32. The lowest BCUT2D eigenvalue weighted by molar-refractivity contribution is 0.0812. The van der Waals surface area contributed by atoms with Crippen LogP contribution >= 0.6 is 0 Å². The Balaban J connectivity index is 0.000000352. The molecule has 1 aromatic heterocycles. The Bertz CT molecular complexity index is 795. The second-order valence-corrected chi connectivity index (χ2v) is 7.91. The van der Waals surface area contributed by atoms with Gasteiger partial charge < -0.3 is 15.8 Å². The highest BCUT2D eigenvalue weighted by Gasteiger charge is 2.12. The summed E-state index contributed by atoms with van der Waals surface area (Å²) in [5.41, 5.74) is 9.30. The molecule has 0 unspecified atom stereocenters. The third kappa shape index (κ3) is 9.47. The van der Waals surface area contributed by atoms with Gasteiger partial charge in [0, 0.05) is 29.5 Å². The van der Waals surface area contributed by atoms with E-state index in [1.807, 2.05) is 32.9 Å². The molecule has 0 bridgehead atoms. The number of benzene rings is 1. The van der Waals surface area contributed by atoms with Crippen molar-refractivity contribution in [3.8, 4) is 5.75 Å². The number of carbonyl (C=O) groups excluding carboxylic acids is 1. The van der Waals surface area contributed by atoms with Gasteiger partial charge in [0.1, 0.15) is 12.4 Å². The zero-order valence-electron chi connectivity index (χ0n) is 18.0. The van der Waals surface area contributed by atoms with E-state index in [0.29, 0.717) is 11.3 Å². The fraction of sp³-hybridized carbons (Fsp3) is 0.455. The van der Waals surface area contributed by atoms with Gasteiger partial charge in [-0.2, -0.15) is 0 Å². The third-order valence-corrected chi connectivity index (χ3v) is 3.88. The maximum atomic E-state index is 12.2. The zero-order chi connectivity index (χ0) is 22.2. The summed E-state index contributed by atoms with van der Waals surface area (Å²) in [5, 5.41) is 3.40. The molecule has 0 aliphatic carbocycles. The molecule has 7 heteroatoms. The summed E-state index contributed by atoms with van der Waals surface area (Å²) in [6.45, 7) is 12.1. The Kier molecular flexibility index (Phi) is 9.17. The van der Waals surface area contributed by atoms with Gasteiger partial charge in [-0.15, -0.1) is 0 Å². The van der Waals surface area contributed by atoms with Crippen molar-refractivity contribution in [2.75, 3.05) is 6.61 Å². The second kappa shape index (κ2) is 10.9. The summed E-state index contributed by atoms with van der Waals surface area (Å²) in [6, 6.07) is 7.21. The minimum absolute atomic E-state index is 0.0483. The highest BCUT2D eigenvalue weighted by atomic mass is 19.3. The minimum Gasteiger partial charge on any atom is -0.487 e. The molecule has 1 aromatic carbocycles. The van der Waals surface area contributed by atoms with Gasteiger partial charge in [-0.25, -0.2) is 8.78 Å². The number of halogens is 2. The highest BCUT2D eigenvalue weighted by Crippen LogP contribution is 2.25. The van der Waals surface area contributed by atoms with E-state index in [2.05, 4.69) is 31.1 Å². The van der Waals surface area contributed by atoms with Crippen LogP contribution in [-0.2, 0) is 6.54 Å². The minimum atomic E-state index is -2.44. The lowest BCUT2D eigenvalue weighted by Gasteiger charge is -2.21. The molecule has 0 aliphatic rings. The van der Waals surface area contributed by atoms with E-state index in [4.69, 9.17) is 10.5 Å². The van der Waals surface area contributed by atoms with Gasteiger partial charge in [-0.05, 0) is 70.4 Å². The number of aromatic nitrogens is 1. The molecule has 1 amide bonds. The summed E-state index contributed by atoms with van der Waals surface area (Å²) in [5.74, 6) is 0.158. The Morgan fingerprint density at radius 3 is 2.17 bits per heavy atom. The van der Waals surface area contributed by atoms with E-state index < -0.39 is 18.9 Å². The van der Waals surface area contributed by atoms with Crippen molar-refractivity contribution in [1.29, 1.82) is 0 Å². The number of hydrogen-bond donors (Lipinski definition) is 2. The van der Waals surface area contributed by atoms with Crippen molar-refractivity contribution in [2.45, 2.75) is 60.1 Å². The van der Waals surface area contributed by atoms with Crippen LogP contribution in [0.5, 0.6) is 5.75 Å². The Morgan fingerprint density at radius 2 is 1.76 bits per heavy atom. The molecule has 5 nitrogen and oxygen atoms in total. The topological polar surface area (TPSA) is 77.2 Å². The number of aryl methyl sites for hydroxylation is 3. The molecule has 0 saturated carbocycles. The molecule has 29 heavy (non-hydrogen) atoms. The van der Waals surface area contributed by atoms with Crippen LogP contribution in [0.3, 0.4) is 0 Å². The van der Waals surface area contributed by atoms with Gasteiger partial charge in [0.15, 0.2) is 0 Å². The number of nitrogens with zero attached hydrogens (tertiary/aromatic N) is 1. The van der Waals surface area contributed by atoms with Crippen LogP contribution in [0.2, 0.25) is 0 Å². The maximum Gasteiger partial charge on any atom is 0.272 e. The van der Waals surface area contributed by atoms with Crippen molar-refractivity contribution in [3.63, 3.8) is 0 Å². The van der Waals surface area contributed by atoms with Crippen LogP contribution in [0.4, 0.5) is 8.78 Å². The molecular formula is C22H31F2N3O2.